The highest BCUT2D eigenvalue weighted by molar-refractivity contribution is 6.30. The number of nitrogens with zero attached hydrogens (tertiary/aromatic N) is 8. The van der Waals surface area contributed by atoms with Crippen LogP contribution in [-0.2, 0) is 13.1 Å². The molecular formula is C17H15ClN8O2. The summed E-state index contributed by atoms with van der Waals surface area (Å²) in [6.07, 6.45) is 1.94. The summed E-state index contributed by atoms with van der Waals surface area (Å²) < 4.78 is 1.37. The fourth-order valence-electron chi connectivity index (χ4n) is 2.76. The summed E-state index contributed by atoms with van der Waals surface area (Å²) in [6, 6.07) is 6.86. The summed E-state index contributed by atoms with van der Waals surface area (Å²) in [7, 11) is 0. The summed E-state index contributed by atoms with van der Waals surface area (Å²) in [5, 5.41) is 23.4. The van der Waals surface area contributed by atoms with Gasteiger partial charge in [0.05, 0.1) is 18.8 Å². The largest absolute Gasteiger partial charge is 0.386 e. The van der Waals surface area contributed by atoms with Crippen molar-refractivity contribution in [1.29, 1.82) is 0 Å². The van der Waals surface area contributed by atoms with Crippen LogP contribution in [0.4, 0.5) is 0 Å². The second kappa shape index (κ2) is 7.41. The maximum absolute atomic E-state index is 12.7. The molecule has 1 N–H and O–H groups in total. The number of aliphatic hydroxyl groups is 1. The number of benzene rings is 1. The number of tetrazole rings is 1. The van der Waals surface area contributed by atoms with Crippen molar-refractivity contribution in [2.45, 2.75) is 26.1 Å². The lowest BCUT2D eigenvalue weighted by atomic mass is 10.1. The van der Waals surface area contributed by atoms with E-state index >= 15 is 0 Å². The molecule has 0 spiro atoms. The zero-order valence-corrected chi connectivity index (χ0v) is 15.5. The van der Waals surface area contributed by atoms with Crippen molar-refractivity contribution < 1.29 is 5.11 Å². The van der Waals surface area contributed by atoms with Crippen LogP contribution in [0.15, 0.2) is 41.7 Å². The van der Waals surface area contributed by atoms with Gasteiger partial charge in [-0.2, -0.15) is 4.80 Å². The smallest absolute Gasteiger partial charge is 0.265 e. The minimum absolute atomic E-state index is 0.0904. The van der Waals surface area contributed by atoms with Gasteiger partial charge in [0.2, 0.25) is 0 Å². The van der Waals surface area contributed by atoms with Crippen molar-refractivity contribution in [3.05, 3.63) is 69.4 Å². The van der Waals surface area contributed by atoms with E-state index in [-0.39, 0.29) is 18.6 Å². The number of rotatable bonds is 5. The van der Waals surface area contributed by atoms with Crippen molar-refractivity contribution in [3.63, 3.8) is 0 Å². The van der Waals surface area contributed by atoms with E-state index in [1.807, 2.05) is 0 Å². The number of halogens is 1. The highest BCUT2D eigenvalue weighted by Crippen LogP contribution is 2.17. The maximum Gasteiger partial charge on any atom is 0.265 e. The minimum atomic E-state index is -0.816. The third kappa shape index (κ3) is 3.59. The van der Waals surface area contributed by atoms with E-state index in [1.54, 1.807) is 31.2 Å². The molecule has 0 unspecified atom stereocenters. The Morgan fingerprint density at radius 2 is 1.96 bits per heavy atom. The zero-order chi connectivity index (χ0) is 19.7. The molecule has 11 heteroatoms. The Balaban J connectivity index is 1.53. The first-order valence-electron chi connectivity index (χ1n) is 8.38. The van der Waals surface area contributed by atoms with Crippen LogP contribution < -0.4 is 5.56 Å². The van der Waals surface area contributed by atoms with E-state index in [1.165, 1.54) is 22.0 Å². The number of aliphatic hydroxyl groups excluding tert-OH is 1. The molecule has 3 aromatic heterocycles. The normalized spacial score (nSPS) is 12.4. The van der Waals surface area contributed by atoms with Crippen LogP contribution in [0.1, 0.15) is 23.2 Å². The first-order chi connectivity index (χ1) is 13.5. The van der Waals surface area contributed by atoms with Gasteiger partial charge in [-0.05, 0) is 29.8 Å². The van der Waals surface area contributed by atoms with Crippen molar-refractivity contribution in [1.82, 2.24) is 39.7 Å². The van der Waals surface area contributed by atoms with Gasteiger partial charge in [0.1, 0.15) is 24.1 Å². The molecule has 0 bridgehead atoms. The third-order valence-corrected chi connectivity index (χ3v) is 4.46. The van der Waals surface area contributed by atoms with Crippen LogP contribution in [0.2, 0.25) is 5.02 Å². The highest BCUT2D eigenvalue weighted by Gasteiger charge is 2.14. The van der Waals surface area contributed by atoms with Gasteiger partial charge in [0, 0.05) is 5.02 Å². The second-order valence-corrected chi connectivity index (χ2v) is 6.60. The van der Waals surface area contributed by atoms with E-state index in [2.05, 4.69) is 30.4 Å². The van der Waals surface area contributed by atoms with E-state index < -0.39 is 6.10 Å². The lowest BCUT2D eigenvalue weighted by molar-refractivity contribution is 0.144. The molecule has 0 saturated carbocycles. The van der Waals surface area contributed by atoms with Crippen LogP contribution in [-0.4, -0.2) is 44.8 Å². The summed E-state index contributed by atoms with van der Waals surface area (Å²) in [5.74, 6) is 0.320. The number of fused-ring (bicyclic) bond motifs is 1. The van der Waals surface area contributed by atoms with E-state index in [0.717, 1.165) is 0 Å². The molecule has 1 aromatic carbocycles. The zero-order valence-electron chi connectivity index (χ0n) is 14.8. The van der Waals surface area contributed by atoms with Gasteiger partial charge in [-0.15, -0.1) is 10.2 Å². The van der Waals surface area contributed by atoms with Gasteiger partial charge in [0.15, 0.2) is 11.5 Å². The first-order valence-corrected chi connectivity index (χ1v) is 8.76. The van der Waals surface area contributed by atoms with Crippen LogP contribution >= 0.6 is 11.6 Å². The summed E-state index contributed by atoms with van der Waals surface area (Å²) in [4.78, 5) is 26.2. The van der Waals surface area contributed by atoms with Gasteiger partial charge in [-0.1, -0.05) is 23.7 Å². The Kier molecular flexibility index (Phi) is 4.80. The van der Waals surface area contributed by atoms with Gasteiger partial charge in [-0.3, -0.25) is 9.36 Å². The van der Waals surface area contributed by atoms with Crippen molar-refractivity contribution >= 4 is 22.6 Å². The van der Waals surface area contributed by atoms with Crippen molar-refractivity contribution in [3.8, 4) is 0 Å². The molecule has 28 heavy (non-hydrogen) atoms. The predicted molar refractivity (Wildman–Crippen MR) is 99.7 cm³/mol. The quantitative estimate of drug-likeness (QED) is 0.526. The average molecular weight is 399 g/mol. The van der Waals surface area contributed by atoms with Crippen molar-refractivity contribution in [2.24, 2.45) is 0 Å². The monoisotopic (exact) mass is 398 g/mol. The molecule has 0 saturated heterocycles. The van der Waals surface area contributed by atoms with Gasteiger partial charge in [0.25, 0.3) is 5.56 Å². The summed E-state index contributed by atoms with van der Waals surface area (Å²) in [5.41, 5.74) is 1.31. The fourth-order valence-corrected chi connectivity index (χ4v) is 2.88. The SMILES string of the molecule is Cc1ncnc2ncn(Cc3nnn(C[C@H](O)c4ccc(Cl)cc4)n3)c(=O)c12. The van der Waals surface area contributed by atoms with Gasteiger partial charge < -0.3 is 5.11 Å². The molecule has 0 aliphatic carbocycles. The molecule has 0 amide bonds. The fraction of sp³-hybridized carbons (Fsp3) is 0.235. The molecule has 142 valence electrons. The molecule has 0 aliphatic rings. The number of hydrogen-bond acceptors (Lipinski definition) is 8. The lowest BCUT2D eigenvalue weighted by Gasteiger charge is -2.09. The van der Waals surface area contributed by atoms with Crippen LogP contribution in [0.3, 0.4) is 0 Å². The molecular weight excluding hydrogens is 384 g/mol. The number of aryl methyl sites for hydroxylation is 1. The van der Waals surface area contributed by atoms with Gasteiger partial charge in [-0.25, -0.2) is 15.0 Å². The van der Waals surface area contributed by atoms with E-state index in [4.69, 9.17) is 11.6 Å². The van der Waals surface area contributed by atoms with Crippen LogP contribution in [0.25, 0.3) is 11.0 Å². The predicted octanol–water partition coefficient (Wildman–Crippen LogP) is 0.917. The Labute approximate surface area is 163 Å². The standard InChI is InChI=1S/C17H15ClN8O2/c1-10-15-16(20-8-19-10)21-9-25(17(15)28)7-14-22-24-26(23-14)6-13(27)11-2-4-12(18)5-3-11/h2-5,8-9,13,27H,6-7H2,1H3/t13-/m0/s1. The molecule has 10 nitrogen and oxygen atoms in total. The van der Waals surface area contributed by atoms with Crippen molar-refractivity contribution in [2.75, 3.05) is 0 Å². The molecule has 3 heterocycles. The summed E-state index contributed by atoms with van der Waals surface area (Å²) in [6.45, 7) is 1.93. The second-order valence-electron chi connectivity index (χ2n) is 6.16. The summed E-state index contributed by atoms with van der Waals surface area (Å²) >= 11 is 5.85. The average Bonchev–Trinajstić information content (AvgIpc) is 3.11. The molecule has 4 aromatic rings. The minimum Gasteiger partial charge on any atom is -0.386 e. The number of aromatic nitrogens is 8. The molecule has 0 fully saturated rings. The van der Waals surface area contributed by atoms with E-state index in [0.29, 0.717) is 33.1 Å². The molecule has 0 aliphatic heterocycles. The Hall–Kier alpha value is -3.24. The Morgan fingerprint density at radius 3 is 2.75 bits per heavy atom. The van der Waals surface area contributed by atoms with E-state index in [9.17, 15) is 9.90 Å². The maximum atomic E-state index is 12.7. The van der Waals surface area contributed by atoms with Crippen LogP contribution in [0.5, 0.6) is 0 Å². The molecule has 0 radical (unpaired) electrons. The topological polar surface area (TPSA) is 124 Å². The lowest BCUT2D eigenvalue weighted by Crippen LogP contribution is -2.23. The Bertz CT molecular complexity index is 1190. The van der Waals surface area contributed by atoms with Gasteiger partial charge >= 0.3 is 0 Å². The molecule has 1 atom stereocenters. The Morgan fingerprint density at radius 1 is 1.18 bits per heavy atom. The van der Waals surface area contributed by atoms with Crippen LogP contribution in [0, 0.1) is 6.92 Å². The number of hydrogen-bond donors (Lipinski definition) is 1. The molecule has 4 rings (SSSR count). The third-order valence-electron chi connectivity index (χ3n) is 4.21. The highest BCUT2D eigenvalue weighted by atomic mass is 35.5. The first kappa shape index (κ1) is 18.1.